The summed E-state index contributed by atoms with van der Waals surface area (Å²) in [6.45, 7) is 6.40. The Morgan fingerprint density at radius 2 is 2.00 bits per heavy atom. The molecule has 1 amide bonds. The molecule has 1 atom stereocenters. The Morgan fingerprint density at radius 1 is 1.35 bits per heavy atom. The van der Waals surface area contributed by atoms with Crippen molar-refractivity contribution in [1.29, 1.82) is 0 Å². The van der Waals surface area contributed by atoms with Crippen molar-refractivity contribution in [2.75, 3.05) is 12.8 Å². The summed E-state index contributed by atoms with van der Waals surface area (Å²) >= 11 is 0. The molecule has 1 aromatic carbocycles. The zero-order valence-corrected chi connectivity index (χ0v) is 11.1. The van der Waals surface area contributed by atoms with Crippen molar-refractivity contribution in [3.63, 3.8) is 0 Å². The van der Waals surface area contributed by atoms with Gasteiger partial charge in [-0.1, -0.05) is 19.9 Å². The summed E-state index contributed by atoms with van der Waals surface area (Å²) in [6.07, 6.45) is 1.00. The van der Waals surface area contributed by atoms with Crippen LogP contribution in [0.15, 0.2) is 24.3 Å². The van der Waals surface area contributed by atoms with Gasteiger partial charge in [0.2, 0.25) is 0 Å². The summed E-state index contributed by atoms with van der Waals surface area (Å²) in [6, 6.07) is 7.36. The maximum absolute atomic E-state index is 12.2. The Morgan fingerprint density at radius 3 is 2.53 bits per heavy atom. The topological polar surface area (TPSA) is 46.3 Å². The molecule has 0 saturated carbocycles. The van der Waals surface area contributed by atoms with E-state index in [2.05, 4.69) is 20.8 Å². The second-order valence-corrected chi connectivity index (χ2v) is 5.02. The number of amides is 1. The Bertz CT molecular complexity index is 388. The molecule has 1 unspecified atom stereocenters. The van der Waals surface area contributed by atoms with Crippen molar-refractivity contribution in [3.8, 4) is 0 Å². The fraction of sp³-hybridized carbons (Fsp3) is 0.500. The van der Waals surface area contributed by atoms with Gasteiger partial charge in [-0.15, -0.1) is 0 Å². The van der Waals surface area contributed by atoms with Gasteiger partial charge in [-0.3, -0.25) is 4.79 Å². The van der Waals surface area contributed by atoms with Crippen molar-refractivity contribution < 1.29 is 4.79 Å². The molecule has 2 N–H and O–H groups in total. The molecule has 0 radical (unpaired) electrons. The molecule has 3 heteroatoms. The minimum Gasteiger partial charge on any atom is -0.399 e. The van der Waals surface area contributed by atoms with Gasteiger partial charge < -0.3 is 10.6 Å². The predicted molar refractivity (Wildman–Crippen MR) is 71.9 cm³/mol. The summed E-state index contributed by atoms with van der Waals surface area (Å²) in [5.74, 6) is 0.617. The second kappa shape index (κ2) is 5.71. The van der Waals surface area contributed by atoms with Gasteiger partial charge >= 0.3 is 0 Å². The van der Waals surface area contributed by atoms with Gasteiger partial charge in [0.25, 0.3) is 5.91 Å². The van der Waals surface area contributed by atoms with Crippen LogP contribution in [0.5, 0.6) is 0 Å². The van der Waals surface area contributed by atoms with Crippen LogP contribution in [0.3, 0.4) is 0 Å². The molecule has 3 nitrogen and oxygen atoms in total. The summed E-state index contributed by atoms with van der Waals surface area (Å²) in [7, 11) is 1.85. The monoisotopic (exact) mass is 234 g/mol. The van der Waals surface area contributed by atoms with Crippen LogP contribution in [-0.4, -0.2) is 23.9 Å². The fourth-order valence-corrected chi connectivity index (χ4v) is 1.92. The van der Waals surface area contributed by atoms with E-state index in [4.69, 9.17) is 5.73 Å². The standard InChI is InChI=1S/C14H22N2O/c1-10(2)8-11(3)16(4)14(17)12-6-5-7-13(15)9-12/h5-7,9-11H,8,15H2,1-4H3. The lowest BCUT2D eigenvalue weighted by Gasteiger charge is -2.26. The Hall–Kier alpha value is -1.51. The number of carbonyl (C=O) groups is 1. The molecule has 0 bridgehead atoms. The number of nitrogens with two attached hydrogens (primary N) is 1. The summed E-state index contributed by atoms with van der Waals surface area (Å²) in [5, 5.41) is 0. The number of nitrogen functional groups attached to an aromatic ring is 1. The zero-order chi connectivity index (χ0) is 13.0. The van der Waals surface area contributed by atoms with Crippen LogP contribution in [0.25, 0.3) is 0 Å². The normalized spacial score (nSPS) is 12.5. The number of hydrogen-bond acceptors (Lipinski definition) is 2. The average molecular weight is 234 g/mol. The highest BCUT2D eigenvalue weighted by atomic mass is 16.2. The van der Waals surface area contributed by atoms with Crippen LogP contribution < -0.4 is 5.73 Å². The minimum absolute atomic E-state index is 0.0328. The van der Waals surface area contributed by atoms with Gasteiger partial charge in [-0.25, -0.2) is 0 Å². The highest BCUT2D eigenvalue weighted by Crippen LogP contribution is 2.14. The molecule has 0 fully saturated rings. The van der Waals surface area contributed by atoms with Crippen LogP contribution in [0.4, 0.5) is 5.69 Å². The Balaban J connectivity index is 2.76. The molecule has 0 aliphatic rings. The molecule has 17 heavy (non-hydrogen) atoms. The maximum atomic E-state index is 12.2. The summed E-state index contributed by atoms with van der Waals surface area (Å²) in [4.78, 5) is 14.0. The van der Waals surface area contributed by atoms with Crippen LogP contribution in [0.1, 0.15) is 37.6 Å². The Labute approximate surface area is 104 Å². The third-order valence-corrected chi connectivity index (χ3v) is 2.93. The molecular formula is C14H22N2O. The van der Waals surface area contributed by atoms with Gasteiger partial charge in [-0.05, 0) is 37.5 Å². The lowest BCUT2D eigenvalue weighted by Crippen LogP contribution is -2.35. The van der Waals surface area contributed by atoms with Crippen molar-refractivity contribution in [2.24, 2.45) is 5.92 Å². The first-order valence-electron chi connectivity index (χ1n) is 6.04. The van der Waals surface area contributed by atoms with E-state index in [0.29, 0.717) is 17.2 Å². The first-order chi connectivity index (χ1) is 7.91. The number of anilines is 1. The van der Waals surface area contributed by atoms with Gasteiger partial charge in [-0.2, -0.15) is 0 Å². The van der Waals surface area contributed by atoms with E-state index >= 15 is 0 Å². The van der Waals surface area contributed by atoms with Crippen molar-refractivity contribution >= 4 is 11.6 Å². The van der Waals surface area contributed by atoms with Crippen molar-refractivity contribution in [1.82, 2.24) is 4.90 Å². The molecular weight excluding hydrogens is 212 g/mol. The van der Waals surface area contributed by atoms with E-state index in [1.165, 1.54) is 0 Å². The quantitative estimate of drug-likeness (QED) is 0.814. The van der Waals surface area contributed by atoms with Gasteiger partial charge in [0.05, 0.1) is 0 Å². The predicted octanol–water partition coefficient (Wildman–Crippen LogP) is 2.78. The highest BCUT2D eigenvalue weighted by molar-refractivity contribution is 5.95. The number of nitrogens with zero attached hydrogens (tertiary/aromatic N) is 1. The third-order valence-electron chi connectivity index (χ3n) is 2.93. The average Bonchev–Trinajstić information content (AvgIpc) is 2.26. The molecule has 0 aromatic heterocycles. The third kappa shape index (κ3) is 3.77. The zero-order valence-electron chi connectivity index (χ0n) is 11.1. The maximum Gasteiger partial charge on any atom is 0.253 e. The molecule has 0 aliphatic carbocycles. The molecule has 0 saturated heterocycles. The van der Waals surface area contributed by atoms with Crippen molar-refractivity contribution in [2.45, 2.75) is 33.2 Å². The Kier molecular flexibility index (Phi) is 4.55. The van der Waals surface area contributed by atoms with E-state index in [9.17, 15) is 4.79 Å². The van der Waals surface area contributed by atoms with Gasteiger partial charge in [0, 0.05) is 24.3 Å². The highest BCUT2D eigenvalue weighted by Gasteiger charge is 2.18. The first kappa shape index (κ1) is 13.6. The SMILES string of the molecule is CC(C)CC(C)N(C)C(=O)c1cccc(N)c1. The van der Waals surface area contributed by atoms with E-state index in [1.54, 1.807) is 23.1 Å². The molecule has 1 aromatic rings. The largest absolute Gasteiger partial charge is 0.399 e. The summed E-state index contributed by atoms with van der Waals surface area (Å²) < 4.78 is 0. The van der Waals surface area contributed by atoms with Gasteiger partial charge in [0.1, 0.15) is 0 Å². The van der Waals surface area contributed by atoms with Gasteiger partial charge in [0.15, 0.2) is 0 Å². The van der Waals surface area contributed by atoms with E-state index < -0.39 is 0 Å². The molecule has 94 valence electrons. The lowest BCUT2D eigenvalue weighted by molar-refractivity contribution is 0.0728. The van der Waals surface area contributed by atoms with Crippen LogP contribution in [0.2, 0.25) is 0 Å². The van der Waals surface area contributed by atoms with Crippen LogP contribution in [0, 0.1) is 5.92 Å². The van der Waals surface area contributed by atoms with Crippen LogP contribution in [-0.2, 0) is 0 Å². The summed E-state index contributed by atoms with van der Waals surface area (Å²) in [5.41, 5.74) is 6.96. The molecule has 0 spiro atoms. The van der Waals surface area contributed by atoms with Crippen LogP contribution >= 0.6 is 0 Å². The number of rotatable bonds is 4. The van der Waals surface area contributed by atoms with Crippen molar-refractivity contribution in [3.05, 3.63) is 29.8 Å². The number of hydrogen-bond donors (Lipinski definition) is 1. The first-order valence-corrected chi connectivity index (χ1v) is 6.04. The van der Waals surface area contributed by atoms with E-state index in [1.807, 2.05) is 13.1 Å². The number of benzene rings is 1. The smallest absolute Gasteiger partial charge is 0.253 e. The van der Waals surface area contributed by atoms with E-state index in [0.717, 1.165) is 6.42 Å². The minimum atomic E-state index is 0.0328. The molecule has 0 heterocycles. The molecule has 0 aliphatic heterocycles. The lowest BCUT2D eigenvalue weighted by atomic mass is 10.0. The fourth-order valence-electron chi connectivity index (χ4n) is 1.92. The number of carbonyl (C=O) groups excluding carboxylic acids is 1. The van der Waals surface area contributed by atoms with E-state index in [-0.39, 0.29) is 11.9 Å². The second-order valence-electron chi connectivity index (χ2n) is 5.02. The molecule has 1 rings (SSSR count).